The minimum atomic E-state index is -0.865. The second kappa shape index (κ2) is 14.5. The number of unbranched alkanes of at least 4 members (excludes halogenated alkanes) is 4. The van der Waals surface area contributed by atoms with Gasteiger partial charge < -0.3 is 20.1 Å². The van der Waals surface area contributed by atoms with Crippen molar-refractivity contribution < 1.29 is 19.1 Å². The summed E-state index contributed by atoms with van der Waals surface area (Å²) in [5, 5.41) is 6.65. The topological polar surface area (TPSA) is 76.7 Å². The van der Waals surface area contributed by atoms with Gasteiger partial charge in [-0.25, -0.2) is 0 Å². The first-order chi connectivity index (χ1) is 17.9. The van der Waals surface area contributed by atoms with E-state index in [4.69, 9.17) is 32.7 Å². The summed E-state index contributed by atoms with van der Waals surface area (Å²) in [4.78, 5) is 26.1. The molecule has 3 aromatic rings. The predicted octanol–water partition coefficient (Wildman–Crippen LogP) is 7.21. The first-order valence-corrected chi connectivity index (χ1v) is 13.1. The van der Waals surface area contributed by atoms with Crippen LogP contribution < -0.4 is 20.1 Å². The van der Waals surface area contributed by atoms with E-state index in [-0.39, 0.29) is 0 Å². The van der Waals surface area contributed by atoms with E-state index in [1.807, 2.05) is 0 Å². The molecule has 0 fully saturated rings. The molecule has 2 N–H and O–H groups in total. The van der Waals surface area contributed by atoms with E-state index in [0.717, 1.165) is 12.8 Å². The van der Waals surface area contributed by atoms with Crippen LogP contribution in [0.15, 0.2) is 66.7 Å². The smallest absolute Gasteiger partial charge is 0.253 e. The lowest BCUT2D eigenvalue weighted by molar-refractivity contribution is 0.0883. The summed E-state index contributed by atoms with van der Waals surface area (Å²) in [6.45, 7) is 2.72. The average molecular weight is 543 g/mol. The first kappa shape index (κ1) is 28.4. The molecule has 0 unspecified atom stereocenters. The maximum absolute atomic E-state index is 13.1. The number of ether oxygens (including phenoxy) is 2. The lowest BCUT2D eigenvalue weighted by Gasteiger charge is -2.22. The van der Waals surface area contributed by atoms with E-state index in [1.165, 1.54) is 19.3 Å². The SMILES string of the molecule is CCCCCCCOc1cc(C(NC(=O)c2cccc(Cl)c2)NC(=O)c2cccc(Cl)c2)ccc1OC. The number of carbonyl (C=O) groups is 2. The molecule has 8 heteroatoms. The van der Waals surface area contributed by atoms with Gasteiger partial charge in [0.15, 0.2) is 11.5 Å². The van der Waals surface area contributed by atoms with Crippen molar-refractivity contribution in [1.82, 2.24) is 10.6 Å². The third-order valence-electron chi connectivity index (χ3n) is 5.75. The number of hydrogen-bond donors (Lipinski definition) is 2. The quantitative estimate of drug-likeness (QED) is 0.176. The number of rotatable bonds is 13. The van der Waals surface area contributed by atoms with Gasteiger partial charge in [0.05, 0.1) is 13.7 Å². The third kappa shape index (κ3) is 8.69. The molecule has 0 saturated heterocycles. The monoisotopic (exact) mass is 542 g/mol. The number of benzene rings is 3. The molecule has 0 aromatic heterocycles. The summed E-state index contributed by atoms with van der Waals surface area (Å²) in [6, 6.07) is 18.5. The van der Waals surface area contributed by atoms with E-state index in [9.17, 15) is 9.59 Å². The summed E-state index contributed by atoms with van der Waals surface area (Å²) < 4.78 is 11.5. The fourth-order valence-electron chi connectivity index (χ4n) is 3.76. The molecule has 3 rings (SSSR count). The largest absolute Gasteiger partial charge is 0.493 e. The lowest BCUT2D eigenvalue weighted by atomic mass is 10.1. The van der Waals surface area contributed by atoms with E-state index >= 15 is 0 Å². The van der Waals surface area contributed by atoms with Gasteiger partial charge in [0.1, 0.15) is 6.17 Å². The zero-order valence-electron chi connectivity index (χ0n) is 21.1. The second-order valence-electron chi connectivity index (χ2n) is 8.57. The molecule has 196 valence electrons. The van der Waals surface area contributed by atoms with E-state index < -0.39 is 18.0 Å². The molecular formula is C29H32Cl2N2O4. The highest BCUT2D eigenvalue weighted by Gasteiger charge is 2.21. The summed E-state index contributed by atoms with van der Waals surface area (Å²) in [6.07, 6.45) is 4.71. The van der Waals surface area contributed by atoms with Crippen LogP contribution in [0.4, 0.5) is 0 Å². The number of amides is 2. The van der Waals surface area contributed by atoms with Crippen molar-refractivity contribution >= 4 is 35.0 Å². The van der Waals surface area contributed by atoms with Crippen molar-refractivity contribution in [3.63, 3.8) is 0 Å². The highest BCUT2D eigenvalue weighted by atomic mass is 35.5. The lowest BCUT2D eigenvalue weighted by Crippen LogP contribution is -2.41. The molecule has 0 heterocycles. The molecule has 0 bridgehead atoms. The van der Waals surface area contributed by atoms with Crippen LogP contribution in [-0.2, 0) is 0 Å². The molecule has 6 nitrogen and oxygen atoms in total. The fourth-order valence-corrected chi connectivity index (χ4v) is 4.15. The number of methoxy groups -OCH3 is 1. The Hall–Kier alpha value is -3.22. The van der Waals surface area contributed by atoms with Gasteiger partial charge in [-0.05, 0) is 60.5 Å². The zero-order valence-corrected chi connectivity index (χ0v) is 22.6. The summed E-state index contributed by atoms with van der Waals surface area (Å²) >= 11 is 12.1. The Kier molecular flexibility index (Phi) is 11.1. The fraction of sp³-hybridized carbons (Fsp3) is 0.310. The van der Waals surface area contributed by atoms with Crippen LogP contribution in [-0.4, -0.2) is 25.5 Å². The van der Waals surface area contributed by atoms with Crippen molar-refractivity contribution in [3.8, 4) is 11.5 Å². The van der Waals surface area contributed by atoms with Gasteiger partial charge in [-0.2, -0.15) is 0 Å². The minimum absolute atomic E-state index is 0.367. The Morgan fingerprint density at radius 3 is 1.92 bits per heavy atom. The third-order valence-corrected chi connectivity index (χ3v) is 6.22. The molecule has 0 atom stereocenters. The van der Waals surface area contributed by atoms with Crippen molar-refractivity contribution in [2.24, 2.45) is 0 Å². The van der Waals surface area contributed by atoms with Crippen LogP contribution in [0.25, 0.3) is 0 Å². The summed E-state index contributed by atoms with van der Waals surface area (Å²) in [7, 11) is 1.57. The van der Waals surface area contributed by atoms with E-state index in [1.54, 1.807) is 73.8 Å². The van der Waals surface area contributed by atoms with E-state index in [0.29, 0.717) is 44.8 Å². The first-order valence-electron chi connectivity index (χ1n) is 12.3. The maximum Gasteiger partial charge on any atom is 0.253 e. The summed E-state index contributed by atoms with van der Waals surface area (Å²) in [5.41, 5.74) is 1.35. The number of nitrogens with one attached hydrogen (secondary N) is 2. The zero-order chi connectivity index (χ0) is 26.6. The Morgan fingerprint density at radius 2 is 1.38 bits per heavy atom. The van der Waals surface area contributed by atoms with Crippen molar-refractivity contribution in [2.45, 2.75) is 45.2 Å². The number of hydrogen-bond acceptors (Lipinski definition) is 4. The minimum Gasteiger partial charge on any atom is -0.493 e. The average Bonchev–Trinajstić information content (AvgIpc) is 2.90. The molecule has 0 saturated carbocycles. The Balaban J connectivity index is 1.84. The van der Waals surface area contributed by atoms with Gasteiger partial charge in [0.25, 0.3) is 11.8 Å². The summed E-state index contributed by atoms with van der Waals surface area (Å²) in [5.74, 6) is 0.314. The van der Waals surface area contributed by atoms with Crippen LogP contribution in [0, 0.1) is 0 Å². The van der Waals surface area contributed by atoms with Crippen LogP contribution in [0.2, 0.25) is 10.0 Å². The van der Waals surface area contributed by atoms with Crippen LogP contribution in [0.3, 0.4) is 0 Å². The van der Waals surface area contributed by atoms with Crippen molar-refractivity contribution in [1.29, 1.82) is 0 Å². The van der Waals surface area contributed by atoms with Crippen LogP contribution in [0.1, 0.15) is 71.5 Å². The van der Waals surface area contributed by atoms with Gasteiger partial charge >= 0.3 is 0 Å². The van der Waals surface area contributed by atoms with Gasteiger partial charge in [-0.15, -0.1) is 0 Å². The maximum atomic E-state index is 13.1. The molecule has 0 radical (unpaired) electrons. The molecule has 37 heavy (non-hydrogen) atoms. The standard InChI is InChI=1S/C29H32Cl2N2O4/c1-3-4-5-6-7-16-37-26-19-20(14-15-25(26)36-2)27(32-28(34)21-10-8-12-23(30)17-21)33-29(35)22-11-9-13-24(31)18-22/h8-15,17-19,27H,3-7,16H2,1-2H3,(H,32,34)(H,33,35). The highest BCUT2D eigenvalue weighted by Crippen LogP contribution is 2.30. The Bertz CT molecular complexity index is 1140. The molecule has 0 aliphatic rings. The van der Waals surface area contributed by atoms with E-state index in [2.05, 4.69) is 17.6 Å². The second-order valence-corrected chi connectivity index (χ2v) is 9.45. The number of halogens is 2. The van der Waals surface area contributed by atoms with Crippen molar-refractivity contribution in [3.05, 3.63) is 93.5 Å². The van der Waals surface area contributed by atoms with Crippen LogP contribution in [0.5, 0.6) is 11.5 Å². The molecule has 3 aromatic carbocycles. The molecular weight excluding hydrogens is 511 g/mol. The Labute approximate surface area is 228 Å². The van der Waals surface area contributed by atoms with Gasteiger partial charge in [-0.3, -0.25) is 9.59 Å². The predicted molar refractivity (Wildman–Crippen MR) is 148 cm³/mol. The van der Waals surface area contributed by atoms with Gasteiger partial charge in [-0.1, -0.05) is 74.0 Å². The molecule has 2 amide bonds. The molecule has 0 aliphatic carbocycles. The highest BCUT2D eigenvalue weighted by molar-refractivity contribution is 6.31. The van der Waals surface area contributed by atoms with Crippen molar-refractivity contribution in [2.75, 3.05) is 13.7 Å². The molecule has 0 aliphatic heterocycles. The normalized spacial score (nSPS) is 10.7. The van der Waals surface area contributed by atoms with Gasteiger partial charge in [0, 0.05) is 21.2 Å². The van der Waals surface area contributed by atoms with Crippen LogP contribution >= 0.6 is 23.2 Å². The Morgan fingerprint density at radius 1 is 0.784 bits per heavy atom. The molecule has 0 spiro atoms. The number of carbonyl (C=O) groups excluding carboxylic acids is 2. The van der Waals surface area contributed by atoms with Gasteiger partial charge in [0.2, 0.25) is 0 Å².